The van der Waals surface area contributed by atoms with Crippen LogP contribution in [0.2, 0.25) is 0 Å². The monoisotopic (exact) mass is 450 g/mol. The van der Waals surface area contributed by atoms with Crippen molar-refractivity contribution in [1.29, 1.82) is 0 Å². The minimum Gasteiger partial charge on any atom is -0.497 e. The van der Waals surface area contributed by atoms with E-state index in [-0.39, 0.29) is 30.0 Å². The number of hydrogen-bond acceptors (Lipinski definition) is 4. The summed E-state index contributed by atoms with van der Waals surface area (Å²) in [6.45, 7) is 0.867. The first-order chi connectivity index (χ1) is 16.0. The first kappa shape index (κ1) is 22.5. The van der Waals surface area contributed by atoms with Gasteiger partial charge in [0.05, 0.1) is 13.4 Å². The van der Waals surface area contributed by atoms with Gasteiger partial charge in [0, 0.05) is 43.7 Å². The van der Waals surface area contributed by atoms with E-state index in [1.165, 1.54) is 6.07 Å². The van der Waals surface area contributed by atoms with E-state index < -0.39 is 6.04 Å². The maximum atomic E-state index is 14.1. The number of ether oxygens (including phenoxy) is 1. The Labute approximate surface area is 192 Å². The summed E-state index contributed by atoms with van der Waals surface area (Å²) in [5, 5.41) is 2.90. The molecule has 0 aliphatic carbocycles. The molecule has 172 valence electrons. The van der Waals surface area contributed by atoms with Gasteiger partial charge in [0.2, 0.25) is 11.8 Å². The fraction of sp³-hybridized carbons (Fsp3) is 0.320. The third kappa shape index (κ3) is 5.58. The van der Waals surface area contributed by atoms with Gasteiger partial charge < -0.3 is 19.9 Å². The lowest BCUT2D eigenvalue weighted by molar-refractivity contribution is -0.140. The number of nitrogens with one attached hydrogen (secondary N) is 2. The van der Waals surface area contributed by atoms with Crippen LogP contribution < -0.4 is 10.1 Å². The van der Waals surface area contributed by atoms with Crippen molar-refractivity contribution in [3.8, 4) is 5.75 Å². The zero-order chi connectivity index (χ0) is 23.2. The molecule has 1 fully saturated rings. The number of aromatic amines is 1. The summed E-state index contributed by atoms with van der Waals surface area (Å²) in [6.07, 6.45) is 4.36. The molecular formula is C25H27FN4O3. The van der Waals surface area contributed by atoms with E-state index in [2.05, 4.69) is 15.3 Å². The summed E-state index contributed by atoms with van der Waals surface area (Å²) in [5.74, 6) is 0.0704. The summed E-state index contributed by atoms with van der Waals surface area (Å²) >= 11 is 0. The van der Waals surface area contributed by atoms with Crippen molar-refractivity contribution < 1.29 is 18.7 Å². The minimum absolute atomic E-state index is 0.0344. The zero-order valence-corrected chi connectivity index (χ0v) is 18.5. The van der Waals surface area contributed by atoms with E-state index in [9.17, 15) is 14.0 Å². The SMILES string of the molecule is COc1ccc(C[C@@H](NC(=O)CCc2cnc[nH]2)C(=O)N2CC(c3ccccc3F)C2)cc1. The maximum absolute atomic E-state index is 14.1. The highest BCUT2D eigenvalue weighted by Crippen LogP contribution is 2.29. The minimum atomic E-state index is -0.700. The molecule has 8 heteroatoms. The summed E-state index contributed by atoms with van der Waals surface area (Å²) in [5.41, 5.74) is 2.39. The molecule has 4 rings (SSSR count). The van der Waals surface area contributed by atoms with Gasteiger partial charge >= 0.3 is 0 Å². The van der Waals surface area contributed by atoms with Crippen molar-refractivity contribution in [1.82, 2.24) is 20.2 Å². The summed E-state index contributed by atoms with van der Waals surface area (Å²) in [7, 11) is 1.59. The Balaban J connectivity index is 1.41. The highest BCUT2D eigenvalue weighted by atomic mass is 19.1. The molecule has 1 aliphatic rings. The Morgan fingerprint density at radius 1 is 1.21 bits per heavy atom. The van der Waals surface area contributed by atoms with Crippen LogP contribution in [0.3, 0.4) is 0 Å². The number of carbonyl (C=O) groups excluding carboxylic acids is 2. The van der Waals surface area contributed by atoms with Crippen LogP contribution in [0.5, 0.6) is 5.75 Å². The third-order valence-corrected chi connectivity index (χ3v) is 5.95. The number of hydrogen-bond donors (Lipinski definition) is 2. The summed E-state index contributed by atoms with van der Waals surface area (Å²) < 4.78 is 19.3. The number of amides is 2. The number of carbonyl (C=O) groups is 2. The molecular weight excluding hydrogens is 423 g/mol. The van der Waals surface area contributed by atoms with Gasteiger partial charge in [-0.1, -0.05) is 30.3 Å². The van der Waals surface area contributed by atoms with Gasteiger partial charge in [-0.2, -0.15) is 0 Å². The van der Waals surface area contributed by atoms with Gasteiger partial charge in [-0.3, -0.25) is 9.59 Å². The van der Waals surface area contributed by atoms with E-state index >= 15 is 0 Å². The number of nitrogens with zero attached hydrogens (tertiary/aromatic N) is 2. The predicted molar refractivity (Wildman–Crippen MR) is 121 cm³/mol. The van der Waals surface area contributed by atoms with Gasteiger partial charge in [-0.25, -0.2) is 9.37 Å². The number of aromatic nitrogens is 2. The second-order valence-electron chi connectivity index (χ2n) is 8.21. The second-order valence-corrected chi connectivity index (χ2v) is 8.21. The van der Waals surface area contributed by atoms with Gasteiger partial charge in [0.25, 0.3) is 0 Å². The zero-order valence-electron chi connectivity index (χ0n) is 18.5. The first-order valence-electron chi connectivity index (χ1n) is 11.0. The number of halogens is 1. The second kappa shape index (κ2) is 10.3. The molecule has 1 saturated heterocycles. The predicted octanol–water partition coefficient (Wildman–Crippen LogP) is 2.84. The van der Waals surface area contributed by atoms with Gasteiger partial charge in [0.15, 0.2) is 0 Å². The molecule has 0 unspecified atom stereocenters. The van der Waals surface area contributed by atoms with Crippen molar-refractivity contribution in [2.75, 3.05) is 20.2 Å². The van der Waals surface area contributed by atoms with Crippen LogP contribution in [0.15, 0.2) is 61.1 Å². The molecule has 7 nitrogen and oxygen atoms in total. The third-order valence-electron chi connectivity index (χ3n) is 5.95. The Hall–Kier alpha value is -3.68. The Kier molecular flexibility index (Phi) is 7.02. The van der Waals surface area contributed by atoms with Crippen LogP contribution in [0.1, 0.15) is 29.2 Å². The fourth-order valence-electron chi connectivity index (χ4n) is 4.02. The highest BCUT2D eigenvalue weighted by molar-refractivity contribution is 5.88. The van der Waals surface area contributed by atoms with Gasteiger partial charge in [-0.05, 0) is 35.7 Å². The van der Waals surface area contributed by atoms with E-state index in [1.54, 1.807) is 42.7 Å². The molecule has 2 amide bonds. The van der Waals surface area contributed by atoms with E-state index in [0.717, 1.165) is 17.0 Å². The smallest absolute Gasteiger partial charge is 0.245 e. The van der Waals surface area contributed by atoms with Crippen LogP contribution in [0.25, 0.3) is 0 Å². The molecule has 0 bridgehead atoms. The normalized spacial score (nSPS) is 14.4. The van der Waals surface area contributed by atoms with Gasteiger partial charge in [0.1, 0.15) is 17.6 Å². The molecule has 2 aromatic carbocycles. The number of aryl methyl sites for hydroxylation is 1. The summed E-state index contributed by atoms with van der Waals surface area (Å²) in [6, 6.07) is 13.4. The van der Waals surface area contributed by atoms with Crippen LogP contribution >= 0.6 is 0 Å². The number of rotatable bonds is 9. The van der Waals surface area contributed by atoms with E-state index in [4.69, 9.17) is 4.74 Å². The lowest BCUT2D eigenvalue weighted by atomic mass is 9.90. The van der Waals surface area contributed by atoms with Crippen molar-refractivity contribution >= 4 is 11.8 Å². The van der Waals surface area contributed by atoms with Crippen molar-refractivity contribution in [3.05, 3.63) is 83.7 Å². The molecule has 2 N–H and O–H groups in total. The Morgan fingerprint density at radius 3 is 2.64 bits per heavy atom. The largest absolute Gasteiger partial charge is 0.497 e. The molecule has 0 saturated carbocycles. The Morgan fingerprint density at radius 2 is 1.97 bits per heavy atom. The number of likely N-dealkylation sites (tertiary alicyclic amines) is 1. The lowest BCUT2D eigenvalue weighted by Crippen LogP contribution is -2.56. The average molecular weight is 451 g/mol. The number of imidazole rings is 1. The molecule has 33 heavy (non-hydrogen) atoms. The fourth-order valence-corrected chi connectivity index (χ4v) is 4.02. The van der Waals surface area contributed by atoms with Crippen molar-refractivity contribution in [2.24, 2.45) is 0 Å². The van der Waals surface area contributed by atoms with Crippen LogP contribution in [-0.4, -0.2) is 52.9 Å². The molecule has 1 aromatic heterocycles. The molecule has 3 aromatic rings. The molecule has 1 atom stereocenters. The average Bonchev–Trinajstić information content (AvgIpc) is 3.32. The first-order valence-corrected chi connectivity index (χ1v) is 11.0. The number of benzene rings is 2. The molecule has 0 radical (unpaired) electrons. The van der Waals surface area contributed by atoms with E-state index in [0.29, 0.717) is 31.5 Å². The molecule has 2 heterocycles. The van der Waals surface area contributed by atoms with Crippen molar-refractivity contribution in [3.63, 3.8) is 0 Å². The van der Waals surface area contributed by atoms with E-state index in [1.807, 2.05) is 24.3 Å². The van der Waals surface area contributed by atoms with Crippen molar-refractivity contribution in [2.45, 2.75) is 31.2 Å². The molecule has 1 aliphatic heterocycles. The standard InChI is InChI=1S/C25H27FN4O3/c1-33-20-9-6-17(7-10-20)12-23(29-24(31)11-8-19-13-27-16-28-19)25(32)30-14-18(15-30)21-4-2-3-5-22(21)26/h2-7,9-10,13,16,18,23H,8,11-12,14-15H2,1H3,(H,27,28)(H,29,31)/t23-/m1/s1. The van der Waals surface area contributed by atoms with Crippen LogP contribution in [0, 0.1) is 5.82 Å². The topological polar surface area (TPSA) is 87.3 Å². The van der Waals surface area contributed by atoms with Gasteiger partial charge in [-0.15, -0.1) is 0 Å². The maximum Gasteiger partial charge on any atom is 0.245 e. The number of H-pyrrole nitrogens is 1. The van der Waals surface area contributed by atoms with Crippen LogP contribution in [-0.2, 0) is 22.4 Å². The summed E-state index contributed by atoms with van der Waals surface area (Å²) in [4.78, 5) is 34.5. The van der Waals surface area contributed by atoms with Crippen LogP contribution in [0.4, 0.5) is 4.39 Å². The quantitative estimate of drug-likeness (QED) is 0.525. The number of methoxy groups -OCH3 is 1. The lowest BCUT2D eigenvalue weighted by Gasteiger charge is -2.41. The molecule has 0 spiro atoms. The Bertz CT molecular complexity index is 1080. The highest BCUT2D eigenvalue weighted by Gasteiger charge is 2.36.